The molecule has 0 bridgehead atoms. The van der Waals surface area contributed by atoms with Crippen molar-refractivity contribution in [2.45, 2.75) is 18.2 Å². The van der Waals surface area contributed by atoms with Crippen LogP contribution in [0.4, 0.5) is 5.82 Å². The Hall–Kier alpha value is -1.18. The SMILES string of the molecule is CCNc1ncccc1S(=O)(=O)N1CCC(CO)C1. The zero-order valence-electron chi connectivity index (χ0n) is 10.9. The molecule has 0 aromatic carbocycles. The molecule has 7 heteroatoms. The van der Waals surface area contributed by atoms with Gasteiger partial charge in [0.2, 0.25) is 10.0 Å². The molecule has 0 saturated carbocycles. The molecule has 1 aliphatic heterocycles. The summed E-state index contributed by atoms with van der Waals surface area (Å²) in [6, 6.07) is 3.18. The maximum absolute atomic E-state index is 12.6. The van der Waals surface area contributed by atoms with Crippen LogP contribution < -0.4 is 5.32 Å². The molecule has 2 rings (SSSR count). The van der Waals surface area contributed by atoms with Crippen molar-refractivity contribution < 1.29 is 13.5 Å². The summed E-state index contributed by atoms with van der Waals surface area (Å²) >= 11 is 0. The number of nitrogens with zero attached hydrogens (tertiary/aromatic N) is 2. The lowest BCUT2D eigenvalue weighted by Crippen LogP contribution is -2.30. The smallest absolute Gasteiger partial charge is 0.246 e. The van der Waals surface area contributed by atoms with Crippen molar-refractivity contribution in [2.75, 3.05) is 31.6 Å². The van der Waals surface area contributed by atoms with Gasteiger partial charge in [0.05, 0.1) is 0 Å². The van der Waals surface area contributed by atoms with E-state index in [4.69, 9.17) is 5.11 Å². The Morgan fingerprint density at radius 3 is 3.00 bits per heavy atom. The van der Waals surface area contributed by atoms with Gasteiger partial charge in [0, 0.05) is 32.4 Å². The molecule has 106 valence electrons. The van der Waals surface area contributed by atoms with Crippen molar-refractivity contribution in [1.29, 1.82) is 0 Å². The molecule has 1 aliphatic rings. The average Bonchev–Trinajstić information content (AvgIpc) is 2.89. The lowest BCUT2D eigenvalue weighted by molar-refractivity contribution is 0.233. The van der Waals surface area contributed by atoms with Gasteiger partial charge in [-0.05, 0) is 31.4 Å². The molecular weight excluding hydrogens is 266 g/mol. The van der Waals surface area contributed by atoms with E-state index in [0.29, 0.717) is 31.9 Å². The Morgan fingerprint density at radius 2 is 2.37 bits per heavy atom. The fourth-order valence-corrected chi connectivity index (χ4v) is 3.85. The van der Waals surface area contributed by atoms with Crippen molar-refractivity contribution in [2.24, 2.45) is 5.92 Å². The summed E-state index contributed by atoms with van der Waals surface area (Å²) in [6.45, 7) is 3.36. The van der Waals surface area contributed by atoms with E-state index in [9.17, 15) is 8.42 Å². The minimum absolute atomic E-state index is 0.0269. The van der Waals surface area contributed by atoms with Gasteiger partial charge in [0.1, 0.15) is 10.7 Å². The summed E-state index contributed by atoms with van der Waals surface area (Å²) in [5, 5.41) is 12.1. The Bertz CT molecular complexity index is 533. The van der Waals surface area contributed by atoms with Crippen molar-refractivity contribution >= 4 is 15.8 Å². The maximum atomic E-state index is 12.6. The number of anilines is 1. The van der Waals surface area contributed by atoms with Crippen LogP contribution in [-0.2, 0) is 10.0 Å². The number of sulfonamides is 1. The van der Waals surface area contributed by atoms with Crippen LogP contribution in [-0.4, -0.2) is 49.1 Å². The number of aromatic nitrogens is 1. The molecule has 0 aliphatic carbocycles. The predicted octanol–water partition coefficient (Wildman–Crippen LogP) is 0.516. The van der Waals surface area contributed by atoms with Crippen LogP contribution in [0.15, 0.2) is 23.2 Å². The molecule has 2 N–H and O–H groups in total. The van der Waals surface area contributed by atoms with Gasteiger partial charge in [-0.1, -0.05) is 0 Å². The Kier molecular flexibility index (Phi) is 4.38. The van der Waals surface area contributed by atoms with Gasteiger partial charge in [-0.3, -0.25) is 0 Å². The molecule has 0 radical (unpaired) electrons. The summed E-state index contributed by atoms with van der Waals surface area (Å²) in [5.41, 5.74) is 0. The van der Waals surface area contributed by atoms with Gasteiger partial charge in [-0.2, -0.15) is 4.31 Å². The molecule has 19 heavy (non-hydrogen) atoms. The van der Waals surface area contributed by atoms with Crippen LogP contribution in [0.2, 0.25) is 0 Å². The minimum atomic E-state index is -3.54. The standard InChI is InChI=1S/C12H19N3O3S/c1-2-13-12-11(4-3-6-14-12)19(17,18)15-7-5-10(8-15)9-16/h3-4,6,10,16H,2,5,7-9H2,1H3,(H,13,14). The number of nitrogens with one attached hydrogen (secondary N) is 1. The largest absolute Gasteiger partial charge is 0.396 e. The van der Waals surface area contributed by atoms with Crippen molar-refractivity contribution in [3.8, 4) is 0 Å². The van der Waals surface area contributed by atoms with E-state index in [2.05, 4.69) is 10.3 Å². The monoisotopic (exact) mass is 285 g/mol. The first-order chi connectivity index (χ1) is 9.09. The Labute approximate surface area is 113 Å². The molecule has 0 amide bonds. The van der Waals surface area contributed by atoms with E-state index in [0.717, 1.165) is 0 Å². The van der Waals surface area contributed by atoms with Crippen LogP contribution >= 0.6 is 0 Å². The number of hydrogen-bond donors (Lipinski definition) is 2. The highest BCUT2D eigenvalue weighted by molar-refractivity contribution is 7.89. The van der Waals surface area contributed by atoms with Gasteiger partial charge >= 0.3 is 0 Å². The van der Waals surface area contributed by atoms with E-state index in [1.54, 1.807) is 18.3 Å². The predicted molar refractivity (Wildman–Crippen MR) is 72.4 cm³/mol. The summed E-state index contributed by atoms with van der Waals surface area (Å²) < 4.78 is 26.5. The molecule has 0 spiro atoms. The second-order valence-corrected chi connectivity index (χ2v) is 6.49. The van der Waals surface area contributed by atoms with Gasteiger partial charge in [-0.25, -0.2) is 13.4 Å². The van der Waals surface area contributed by atoms with Crippen LogP contribution in [0.25, 0.3) is 0 Å². The highest BCUT2D eigenvalue weighted by atomic mass is 32.2. The molecule has 6 nitrogen and oxygen atoms in total. The Balaban J connectivity index is 2.30. The van der Waals surface area contributed by atoms with Crippen LogP contribution in [0.1, 0.15) is 13.3 Å². The Morgan fingerprint density at radius 1 is 1.58 bits per heavy atom. The fourth-order valence-electron chi connectivity index (χ4n) is 2.20. The average molecular weight is 285 g/mol. The topological polar surface area (TPSA) is 82.5 Å². The van der Waals surface area contributed by atoms with E-state index in [1.807, 2.05) is 6.92 Å². The second kappa shape index (κ2) is 5.85. The highest BCUT2D eigenvalue weighted by Crippen LogP contribution is 2.27. The van der Waals surface area contributed by atoms with E-state index < -0.39 is 10.0 Å². The van der Waals surface area contributed by atoms with Crippen LogP contribution in [0, 0.1) is 5.92 Å². The van der Waals surface area contributed by atoms with E-state index >= 15 is 0 Å². The van der Waals surface area contributed by atoms with Crippen molar-refractivity contribution in [3.05, 3.63) is 18.3 Å². The molecule has 2 heterocycles. The highest BCUT2D eigenvalue weighted by Gasteiger charge is 2.33. The van der Waals surface area contributed by atoms with Crippen molar-refractivity contribution in [1.82, 2.24) is 9.29 Å². The third-order valence-electron chi connectivity index (χ3n) is 3.24. The first-order valence-electron chi connectivity index (χ1n) is 6.39. The minimum Gasteiger partial charge on any atom is -0.396 e. The van der Waals surface area contributed by atoms with Gasteiger partial charge in [0.15, 0.2) is 0 Å². The fraction of sp³-hybridized carbons (Fsp3) is 0.583. The lowest BCUT2D eigenvalue weighted by atomic mass is 10.1. The van der Waals surface area contributed by atoms with E-state index in [1.165, 1.54) is 4.31 Å². The number of hydrogen-bond acceptors (Lipinski definition) is 5. The number of aliphatic hydroxyl groups excluding tert-OH is 1. The van der Waals surface area contributed by atoms with Crippen LogP contribution in [0.5, 0.6) is 0 Å². The number of aliphatic hydroxyl groups is 1. The molecule has 1 atom stereocenters. The molecule has 1 aromatic heterocycles. The second-order valence-electron chi connectivity index (χ2n) is 4.58. The lowest BCUT2D eigenvalue weighted by Gasteiger charge is -2.18. The molecule has 1 aromatic rings. The third kappa shape index (κ3) is 2.88. The molecule has 1 saturated heterocycles. The summed E-state index contributed by atoms with van der Waals surface area (Å²) in [4.78, 5) is 4.28. The van der Waals surface area contributed by atoms with Crippen LogP contribution in [0.3, 0.4) is 0 Å². The van der Waals surface area contributed by atoms with Gasteiger partial charge in [0.25, 0.3) is 0 Å². The zero-order chi connectivity index (χ0) is 13.9. The first-order valence-corrected chi connectivity index (χ1v) is 7.83. The zero-order valence-corrected chi connectivity index (χ0v) is 11.7. The van der Waals surface area contributed by atoms with E-state index in [-0.39, 0.29) is 17.4 Å². The molecule has 1 fully saturated rings. The third-order valence-corrected chi connectivity index (χ3v) is 5.14. The van der Waals surface area contributed by atoms with Gasteiger partial charge in [-0.15, -0.1) is 0 Å². The summed E-state index contributed by atoms with van der Waals surface area (Å²) in [5.74, 6) is 0.423. The first kappa shape index (κ1) is 14.2. The van der Waals surface area contributed by atoms with Gasteiger partial charge < -0.3 is 10.4 Å². The maximum Gasteiger partial charge on any atom is 0.246 e. The molecule has 1 unspecified atom stereocenters. The number of rotatable bonds is 5. The van der Waals surface area contributed by atoms with Crippen molar-refractivity contribution in [3.63, 3.8) is 0 Å². The quantitative estimate of drug-likeness (QED) is 0.824. The summed E-state index contributed by atoms with van der Waals surface area (Å²) in [6.07, 6.45) is 2.27. The summed E-state index contributed by atoms with van der Waals surface area (Å²) in [7, 11) is -3.54. The number of pyridine rings is 1. The molecular formula is C12H19N3O3S. The normalized spacial score (nSPS) is 20.6.